The fourth-order valence-corrected chi connectivity index (χ4v) is 5.14. The number of nitrogens with one attached hydrogen (secondary N) is 1. The molecular weight excluding hydrogens is 643 g/mol. The van der Waals surface area contributed by atoms with Gasteiger partial charge in [-0.25, -0.2) is 9.59 Å². The van der Waals surface area contributed by atoms with Crippen molar-refractivity contribution in [1.82, 2.24) is 20.4 Å². The Morgan fingerprint density at radius 1 is 1.00 bits per heavy atom. The summed E-state index contributed by atoms with van der Waals surface area (Å²) in [5.74, 6) is 0.626. The lowest BCUT2D eigenvalue weighted by atomic mass is 9.97. The van der Waals surface area contributed by atoms with E-state index in [4.69, 9.17) is 18.7 Å². The molecule has 2 heterocycles. The van der Waals surface area contributed by atoms with Crippen LogP contribution in [-0.4, -0.2) is 57.5 Å². The predicted octanol–water partition coefficient (Wildman–Crippen LogP) is 8.28. The van der Waals surface area contributed by atoms with Crippen LogP contribution in [0.1, 0.15) is 96.4 Å². The minimum Gasteiger partial charge on any atom is -0.494 e. The minimum atomic E-state index is -4.61. The number of guanidine groups is 1. The molecule has 0 spiro atoms. The van der Waals surface area contributed by atoms with E-state index in [0.717, 1.165) is 23.8 Å². The SMILES string of the molecule is CCCOc1ccc(CCc2ccc(-c3noc([C@@H]4CCCN4/C(=N\C(=O)OC(C)(C)C)NC(=O)OC(C)(C)C)n3)cc2C(F)(F)F)cc1. The molecule has 0 aliphatic carbocycles. The predicted molar refractivity (Wildman–Crippen MR) is 176 cm³/mol. The first-order valence-corrected chi connectivity index (χ1v) is 16.3. The molecule has 0 saturated carbocycles. The standard InChI is InChI=1S/C35H44F3N5O6/c1-8-20-46-25-17-12-22(13-18-25)11-14-23-15-16-24(21-26(23)35(36,37)38)28-39-29(49-42-28)27-10-9-19-43(27)30(40-31(44)47-33(2,3)4)41-32(45)48-34(5,6)7/h12-13,15-18,21,27H,8-11,14,19-20H2,1-7H3,(H,40,41,44,45)/t27-/m0/s1. The highest BCUT2D eigenvalue weighted by Crippen LogP contribution is 2.37. The van der Waals surface area contributed by atoms with Gasteiger partial charge in [-0.2, -0.15) is 18.2 Å². The van der Waals surface area contributed by atoms with Crippen molar-refractivity contribution < 1.29 is 41.5 Å². The summed E-state index contributed by atoms with van der Waals surface area (Å²) < 4.78 is 64.6. The topological polar surface area (TPSA) is 128 Å². The van der Waals surface area contributed by atoms with Crippen LogP contribution in [0.5, 0.6) is 5.75 Å². The molecule has 1 atom stereocenters. The second-order valence-electron chi connectivity index (χ2n) is 13.7. The monoisotopic (exact) mass is 687 g/mol. The highest BCUT2D eigenvalue weighted by Gasteiger charge is 2.37. The fourth-order valence-electron chi connectivity index (χ4n) is 5.14. The van der Waals surface area contributed by atoms with Crippen molar-refractivity contribution in [3.63, 3.8) is 0 Å². The molecular formula is C35H44F3N5O6. The fraction of sp³-hybridized carbons (Fsp3) is 0.514. The van der Waals surface area contributed by atoms with Crippen LogP contribution in [0, 0.1) is 0 Å². The van der Waals surface area contributed by atoms with E-state index in [0.29, 0.717) is 32.4 Å². The van der Waals surface area contributed by atoms with Gasteiger partial charge in [-0.1, -0.05) is 36.3 Å². The quantitative estimate of drug-likeness (QED) is 0.184. The molecule has 1 saturated heterocycles. The Labute approximate surface area is 284 Å². The molecule has 11 nitrogen and oxygen atoms in total. The first-order valence-electron chi connectivity index (χ1n) is 16.3. The van der Waals surface area contributed by atoms with Gasteiger partial charge < -0.3 is 23.6 Å². The Balaban J connectivity index is 1.56. The van der Waals surface area contributed by atoms with E-state index in [2.05, 4.69) is 20.4 Å². The number of aliphatic imine (C=N–C) groups is 1. The van der Waals surface area contributed by atoms with Crippen LogP contribution >= 0.6 is 0 Å². The number of rotatable bonds is 8. The molecule has 0 bridgehead atoms. The summed E-state index contributed by atoms with van der Waals surface area (Å²) in [5.41, 5.74) is -1.29. The molecule has 2 amide bonds. The molecule has 1 aliphatic heterocycles. The molecule has 0 radical (unpaired) electrons. The van der Waals surface area contributed by atoms with Crippen molar-refractivity contribution in [3.8, 4) is 17.1 Å². The third-order valence-corrected chi connectivity index (χ3v) is 7.21. The van der Waals surface area contributed by atoms with Crippen LogP contribution in [0.25, 0.3) is 11.4 Å². The Morgan fingerprint density at radius 2 is 1.69 bits per heavy atom. The van der Waals surface area contributed by atoms with Gasteiger partial charge in [-0.15, -0.1) is 4.99 Å². The number of hydrogen-bond donors (Lipinski definition) is 1. The molecule has 1 aromatic heterocycles. The Bertz CT molecular complexity index is 1620. The maximum Gasteiger partial charge on any atom is 0.437 e. The number of likely N-dealkylation sites (tertiary alicyclic amines) is 1. The lowest BCUT2D eigenvalue weighted by Crippen LogP contribution is -2.46. The molecule has 14 heteroatoms. The summed E-state index contributed by atoms with van der Waals surface area (Å²) in [5, 5.41) is 6.51. The van der Waals surface area contributed by atoms with Crippen molar-refractivity contribution >= 4 is 18.1 Å². The molecule has 4 rings (SSSR count). The highest BCUT2D eigenvalue weighted by molar-refractivity contribution is 5.99. The number of amides is 2. The third kappa shape index (κ3) is 10.9. The summed E-state index contributed by atoms with van der Waals surface area (Å²) in [7, 11) is 0. The number of alkyl halides is 3. The molecule has 49 heavy (non-hydrogen) atoms. The number of halogens is 3. The van der Waals surface area contributed by atoms with E-state index in [1.54, 1.807) is 46.4 Å². The highest BCUT2D eigenvalue weighted by atomic mass is 19.4. The van der Waals surface area contributed by atoms with Gasteiger partial charge in [0.1, 0.15) is 23.0 Å². The number of aromatic nitrogens is 2. The van der Waals surface area contributed by atoms with Crippen LogP contribution in [0.3, 0.4) is 0 Å². The van der Waals surface area contributed by atoms with Gasteiger partial charge in [0.2, 0.25) is 17.7 Å². The first kappa shape index (κ1) is 37.2. The summed E-state index contributed by atoms with van der Waals surface area (Å²) >= 11 is 0. The average molecular weight is 688 g/mol. The van der Waals surface area contributed by atoms with E-state index in [1.165, 1.54) is 12.1 Å². The zero-order valence-electron chi connectivity index (χ0n) is 28.9. The molecule has 266 valence electrons. The Kier molecular flexibility index (Phi) is 11.6. The van der Waals surface area contributed by atoms with Crippen molar-refractivity contribution in [3.05, 3.63) is 65.0 Å². The Morgan fingerprint density at radius 3 is 2.33 bits per heavy atom. The maximum absolute atomic E-state index is 14.3. The summed E-state index contributed by atoms with van der Waals surface area (Å²) in [6, 6.07) is 10.7. The van der Waals surface area contributed by atoms with Gasteiger partial charge >= 0.3 is 18.4 Å². The van der Waals surface area contributed by atoms with Crippen molar-refractivity contribution in [2.24, 2.45) is 4.99 Å². The van der Waals surface area contributed by atoms with Gasteiger partial charge in [0, 0.05) is 12.1 Å². The smallest absolute Gasteiger partial charge is 0.437 e. The third-order valence-electron chi connectivity index (χ3n) is 7.21. The number of carbonyl (C=O) groups is 2. The van der Waals surface area contributed by atoms with Crippen LogP contribution in [0.4, 0.5) is 22.8 Å². The normalized spacial score (nSPS) is 15.7. The van der Waals surface area contributed by atoms with Crippen LogP contribution in [0.2, 0.25) is 0 Å². The van der Waals surface area contributed by atoms with Crippen LogP contribution in [-0.2, 0) is 28.5 Å². The number of alkyl carbamates (subject to hydrolysis) is 1. The molecule has 3 aromatic rings. The number of nitrogens with zero attached hydrogens (tertiary/aromatic N) is 4. The van der Waals surface area contributed by atoms with Crippen molar-refractivity contribution in [1.29, 1.82) is 0 Å². The molecule has 1 N–H and O–H groups in total. The molecule has 0 unspecified atom stereocenters. The van der Waals surface area contributed by atoms with Gasteiger partial charge in [0.05, 0.1) is 12.2 Å². The van der Waals surface area contributed by atoms with E-state index < -0.39 is 41.2 Å². The van der Waals surface area contributed by atoms with E-state index >= 15 is 0 Å². The molecule has 1 fully saturated rings. The van der Waals surface area contributed by atoms with E-state index in [-0.39, 0.29) is 35.2 Å². The van der Waals surface area contributed by atoms with Gasteiger partial charge in [-0.05, 0) is 103 Å². The average Bonchev–Trinajstić information content (AvgIpc) is 3.67. The van der Waals surface area contributed by atoms with Crippen molar-refractivity contribution in [2.75, 3.05) is 13.2 Å². The van der Waals surface area contributed by atoms with E-state index in [9.17, 15) is 22.8 Å². The maximum atomic E-state index is 14.3. The van der Waals surface area contributed by atoms with Gasteiger partial charge in [-0.3, -0.25) is 5.32 Å². The molecule has 1 aliphatic rings. The second-order valence-corrected chi connectivity index (χ2v) is 13.7. The van der Waals surface area contributed by atoms with Crippen LogP contribution in [0.15, 0.2) is 52.0 Å². The van der Waals surface area contributed by atoms with Crippen molar-refractivity contribution in [2.45, 2.75) is 104 Å². The largest absolute Gasteiger partial charge is 0.494 e. The summed E-state index contributed by atoms with van der Waals surface area (Å²) in [4.78, 5) is 35.4. The number of hydrogen-bond acceptors (Lipinski definition) is 8. The van der Waals surface area contributed by atoms with E-state index in [1.807, 2.05) is 31.2 Å². The van der Waals surface area contributed by atoms with Gasteiger partial charge in [0.25, 0.3) is 0 Å². The lowest BCUT2D eigenvalue weighted by Gasteiger charge is -2.27. The number of aryl methyl sites for hydroxylation is 2. The lowest BCUT2D eigenvalue weighted by molar-refractivity contribution is -0.138. The first-order chi connectivity index (χ1) is 22.9. The number of carbonyl (C=O) groups excluding carboxylic acids is 2. The number of ether oxygens (including phenoxy) is 3. The van der Waals surface area contributed by atoms with Crippen LogP contribution < -0.4 is 10.1 Å². The van der Waals surface area contributed by atoms with Gasteiger partial charge in [0.15, 0.2) is 0 Å². The zero-order valence-corrected chi connectivity index (χ0v) is 28.9. The summed E-state index contributed by atoms with van der Waals surface area (Å²) in [6.07, 6.45) is -3.86. The zero-order chi connectivity index (χ0) is 36.0. The Hall–Kier alpha value is -4.62. The second kappa shape index (κ2) is 15.3. The minimum absolute atomic E-state index is 0.0349. The summed E-state index contributed by atoms with van der Waals surface area (Å²) in [6.45, 7) is 13.1. The number of benzene rings is 2. The molecule has 2 aromatic carbocycles.